The Bertz CT molecular complexity index is 755. The molecule has 3 rings (SSSR count). The van der Waals surface area contributed by atoms with Crippen LogP contribution in [0.2, 0.25) is 0 Å². The second kappa shape index (κ2) is 7.57. The number of aromatic nitrogens is 1. The maximum absolute atomic E-state index is 12.5. The Morgan fingerprint density at radius 1 is 1.36 bits per heavy atom. The molecular weight excluding hydrogens is 330 g/mol. The van der Waals surface area contributed by atoms with E-state index < -0.39 is 31.1 Å². The van der Waals surface area contributed by atoms with Crippen LogP contribution in [0.5, 0.6) is 5.75 Å². The van der Waals surface area contributed by atoms with Crippen molar-refractivity contribution in [1.82, 2.24) is 10.3 Å². The van der Waals surface area contributed by atoms with Gasteiger partial charge in [-0.3, -0.25) is 9.78 Å². The second-order valence-corrected chi connectivity index (χ2v) is 5.83. The lowest BCUT2D eigenvalue weighted by molar-refractivity contribution is 0.0782. The zero-order valence-corrected chi connectivity index (χ0v) is 13.4. The van der Waals surface area contributed by atoms with Crippen molar-refractivity contribution in [2.45, 2.75) is 31.4 Å². The van der Waals surface area contributed by atoms with Gasteiger partial charge in [0.15, 0.2) is 0 Å². The van der Waals surface area contributed by atoms with Crippen LogP contribution in [-0.2, 0) is 6.42 Å². The minimum absolute atomic E-state index is 0.0435. The molecule has 1 aromatic carbocycles. The topological polar surface area (TPSA) is 71.5 Å². The summed E-state index contributed by atoms with van der Waals surface area (Å²) in [5, 5.41) is 13.0. The van der Waals surface area contributed by atoms with Crippen LogP contribution in [0, 0.1) is 0 Å². The molecular formula is C18H18F2N2O3. The number of carbonyl (C=O) groups is 1. The lowest BCUT2D eigenvalue weighted by Gasteiger charge is -2.30. The molecule has 5 nitrogen and oxygen atoms in total. The van der Waals surface area contributed by atoms with E-state index in [0.29, 0.717) is 6.42 Å². The summed E-state index contributed by atoms with van der Waals surface area (Å²) in [7, 11) is 0. The van der Waals surface area contributed by atoms with Gasteiger partial charge in [-0.2, -0.15) is 0 Å². The average Bonchev–Trinajstić information content (AvgIpc) is 2.62. The molecule has 1 aliphatic rings. The Balaban J connectivity index is 1.75. The van der Waals surface area contributed by atoms with E-state index in [2.05, 4.69) is 10.3 Å². The molecule has 7 heteroatoms. The maximum atomic E-state index is 12.5. The molecule has 1 aromatic heterocycles. The number of alkyl halides is 2. The summed E-state index contributed by atoms with van der Waals surface area (Å²) < 4.78 is 29.4. The Labute approximate surface area is 143 Å². The summed E-state index contributed by atoms with van der Waals surface area (Å²) in [4.78, 5) is 16.4. The molecule has 0 aliphatic heterocycles. The highest BCUT2D eigenvalue weighted by molar-refractivity contribution is 5.93. The average molecular weight is 348 g/mol. The summed E-state index contributed by atoms with van der Waals surface area (Å²) in [6.45, 7) is -0.750. The summed E-state index contributed by atoms with van der Waals surface area (Å²) in [6.07, 6.45) is -0.677. The van der Waals surface area contributed by atoms with E-state index in [1.807, 2.05) is 24.3 Å². The van der Waals surface area contributed by atoms with Crippen LogP contribution in [0.3, 0.4) is 0 Å². The van der Waals surface area contributed by atoms with E-state index in [1.54, 1.807) is 0 Å². The first kappa shape index (κ1) is 17.3. The molecule has 1 amide bonds. The third-order valence-electron chi connectivity index (χ3n) is 4.11. The van der Waals surface area contributed by atoms with Gasteiger partial charge >= 0.3 is 0 Å². The molecule has 0 radical (unpaired) electrons. The van der Waals surface area contributed by atoms with E-state index in [9.17, 15) is 18.7 Å². The van der Waals surface area contributed by atoms with Gasteiger partial charge in [-0.25, -0.2) is 8.78 Å². The number of aryl methyl sites for hydroxylation is 1. The Hall–Kier alpha value is -2.54. The monoisotopic (exact) mass is 348 g/mol. The molecule has 0 unspecified atom stereocenters. The van der Waals surface area contributed by atoms with Gasteiger partial charge in [0, 0.05) is 12.3 Å². The van der Waals surface area contributed by atoms with Crippen molar-refractivity contribution in [1.29, 1.82) is 0 Å². The Morgan fingerprint density at radius 3 is 2.96 bits per heavy atom. The first-order valence-electron chi connectivity index (χ1n) is 7.98. The number of benzene rings is 1. The van der Waals surface area contributed by atoms with Crippen molar-refractivity contribution in [3.8, 4) is 5.75 Å². The number of halogens is 2. The number of aliphatic hydroxyl groups excluding tert-OH is 1. The minimum atomic E-state index is -2.60. The fourth-order valence-electron chi connectivity index (χ4n) is 2.92. The maximum Gasteiger partial charge on any atom is 0.272 e. The van der Waals surface area contributed by atoms with Crippen LogP contribution in [0.4, 0.5) is 8.78 Å². The van der Waals surface area contributed by atoms with Crippen LogP contribution < -0.4 is 10.1 Å². The van der Waals surface area contributed by atoms with E-state index >= 15 is 0 Å². The zero-order valence-electron chi connectivity index (χ0n) is 13.4. The van der Waals surface area contributed by atoms with Gasteiger partial charge in [-0.05, 0) is 30.0 Å². The van der Waals surface area contributed by atoms with E-state index in [0.717, 1.165) is 17.5 Å². The smallest absolute Gasteiger partial charge is 0.272 e. The van der Waals surface area contributed by atoms with Gasteiger partial charge < -0.3 is 15.2 Å². The lowest BCUT2D eigenvalue weighted by Crippen LogP contribution is -2.39. The number of aliphatic hydroxyl groups is 1. The lowest BCUT2D eigenvalue weighted by atomic mass is 9.85. The van der Waals surface area contributed by atoms with Crippen molar-refractivity contribution in [3.05, 3.63) is 59.4 Å². The predicted octanol–water partition coefficient (Wildman–Crippen LogP) is 2.50. The van der Waals surface area contributed by atoms with Gasteiger partial charge in [-0.1, -0.05) is 24.3 Å². The molecule has 2 aromatic rings. The number of nitrogens with one attached hydrogen (secondary N) is 1. The molecule has 2 atom stereocenters. The molecule has 0 bridgehead atoms. The Morgan fingerprint density at radius 2 is 2.16 bits per heavy atom. The molecule has 0 spiro atoms. The zero-order chi connectivity index (χ0) is 17.8. The predicted molar refractivity (Wildman–Crippen MR) is 86.7 cm³/mol. The van der Waals surface area contributed by atoms with Crippen LogP contribution in [-0.4, -0.2) is 35.1 Å². The fourth-order valence-corrected chi connectivity index (χ4v) is 2.92. The number of rotatable bonds is 5. The summed E-state index contributed by atoms with van der Waals surface area (Å²) in [5.74, 6) is -0.353. The quantitative estimate of drug-likeness (QED) is 0.871. The van der Waals surface area contributed by atoms with Gasteiger partial charge in [-0.15, -0.1) is 0 Å². The third kappa shape index (κ3) is 4.11. The molecule has 1 heterocycles. The van der Waals surface area contributed by atoms with Crippen LogP contribution in [0.1, 0.15) is 34.1 Å². The van der Waals surface area contributed by atoms with Crippen LogP contribution in [0.25, 0.3) is 0 Å². The largest absolute Gasteiger partial charge is 0.488 e. The number of hydrogen-bond acceptors (Lipinski definition) is 4. The number of pyridine rings is 1. The first-order chi connectivity index (χ1) is 12.0. The molecule has 132 valence electrons. The Kier molecular flexibility index (Phi) is 5.23. The van der Waals surface area contributed by atoms with Crippen LogP contribution >= 0.6 is 0 Å². The third-order valence-corrected chi connectivity index (χ3v) is 4.11. The highest BCUT2D eigenvalue weighted by atomic mass is 19.3. The summed E-state index contributed by atoms with van der Waals surface area (Å²) in [6, 6.07) is 9.79. The van der Waals surface area contributed by atoms with E-state index in [4.69, 9.17) is 4.74 Å². The normalized spacial score (nSPS) is 19.4. The molecule has 2 N–H and O–H groups in total. The highest BCUT2D eigenvalue weighted by Crippen LogP contribution is 2.30. The number of carbonyl (C=O) groups excluding carboxylic acids is 1. The molecule has 0 fully saturated rings. The number of hydrogen-bond donors (Lipinski definition) is 2. The van der Waals surface area contributed by atoms with E-state index in [-0.39, 0.29) is 11.4 Å². The summed E-state index contributed by atoms with van der Waals surface area (Å²) in [5.41, 5.74) is 2.00. The van der Waals surface area contributed by atoms with Gasteiger partial charge in [0.2, 0.25) is 0 Å². The second-order valence-electron chi connectivity index (χ2n) is 5.83. The molecule has 0 saturated heterocycles. The van der Waals surface area contributed by atoms with E-state index in [1.165, 1.54) is 18.3 Å². The molecule has 25 heavy (non-hydrogen) atoms. The van der Waals surface area contributed by atoms with Crippen molar-refractivity contribution in [2.24, 2.45) is 0 Å². The SMILES string of the molecule is O=C(N[C@H]1c2ccccc2CC[C@H]1O)c1cc(OCC(F)F)ccn1. The first-order valence-corrected chi connectivity index (χ1v) is 7.98. The number of ether oxygens (including phenoxy) is 1. The number of fused-ring (bicyclic) bond motifs is 1. The van der Waals surface area contributed by atoms with Crippen molar-refractivity contribution in [3.63, 3.8) is 0 Å². The number of nitrogens with zero attached hydrogens (tertiary/aromatic N) is 1. The fraction of sp³-hybridized carbons (Fsp3) is 0.333. The van der Waals surface area contributed by atoms with Crippen LogP contribution in [0.15, 0.2) is 42.6 Å². The van der Waals surface area contributed by atoms with Gasteiger partial charge in [0.05, 0.1) is 12.1 Å². The van der Waals surface area contributed by atoms with Crippen molar-refractivity contribution >= 4 is 5.91 Å². The number of amides is 1. The highest BCUT2D eigenvalue weighted by Gasteiger charge is 2.29. The standard InChI is InChI=1S/C18H18F2N2O3/c19-16(20)10-25-12-7-8-21-14(9-12)18(24)22-17-13-4-2-1-3-11(13)5-6-15(17)23/h1-4,7-9,15-17,23H,5-6,10H2,(H,22,24)/t15-,17+/m1/s1. The van der Waals surface area contributed by atoms with Crippen molar-refractivity contribution < 1.29 is 23.4 Å². The molecule has 1 aliphatic carbocycles. The minimum Gasteiger partial charge on any atom is -0.488 e. The van der Waals surface area contributed by atoms with Crippen molar-refractivity contribution in [2.75, 3.05) is 6.61 Å². The van der Waals surface area contributed by atoms with Gasteiger partial charge in [0.25, 0.3) is 12.3 Å². The summed E-state index contributed by atoms with van der Waals surface area (Å²) >= 11 is 0. The molecule has 0 saturated carbocycles. The van der Waals surface area contributed by atoms with Gasteiger partial charge in [0.1, 0.15) is 18.1 Å².